The smallest absolute Gasteiger partial charge is 0.338 e. The predicted molar refractivity (Wildman–Crippen MR) is 70.1 cm³/mol. The minimum absolute atomic E-state index is 0.201. The zero-order valence-electron chi connectivity index (χ0n) is 10.4. The van der Waals surface area contributed by atoms with Gasteiger partial charge in [-0.25, -0.2) is 4.79 Å². The maximum atomic E-state index is 10.7. The Morgan fingerprint density at radius 1 is 1.37 bits per heavy atom. The number of carboxylic acids is 1. The fraction of sp³-hybridized carbons (Fsp3) is 0.267. The van der Waals surface area contributed by atoms with Crippen LogP contribution >= 0.6 is 0 Å². The van der Waals surface area contributed by atoms with E-state index in [-0.39, 0.29) is 5.56 Å². The van der Waals surface area contributed by atoms with Gasteiger partial charge in [0.25, 0.3) is 0 Å². The summed E-state index contributed by atoms with van der Waals surface area (Å²) in [4.78, 5) is 10.7. The van der Waals surface area contributed by atoms with Gasteiger partial charge in [0.2, 0.25) is 0 Å². The van der Waals surface area contributed by atoms with Crippen LogP contribution in [-0.2, 0) is 6.54 Å². The molecule has 4 heteroatoms. The van der Waals surface area contributed by atoms with Crippen molar-refractivity contribution >= 4 is 5.97 Å². The maximum absolute atomic E-state index is 10.7. The van der Waals surface area contributed by atoms with Crippen LogP contribution in [0, 0.1) is 0 Å². The van der Waals surface area contributed by atoms with Gasteiger partial charge in [0.15, 0.2) is 0 Å². The van der Waals surface area contributed by atoms with Crippen molar-refractivity contribution in [3.05, 3.63) is 59.5 Å². The van der Waals surface area contributed by atoms with E-state index in [1.165, 1.54) is 11.8 Å². The van der Waals surface area contributed by atoms with Crippen LogP contribution in [0.25, 0.3) is 0 Å². The Hall–Kier alpha value is -2.07. The summed E-state index contributed by atoms with van der Waals surface area (Å²) in [6.45, 7) is 0.571. The average molecular weight is 257 g/mol. The molecule has 1 aromatic heterocycles. The number of benzene rings is 1. The molecule has 0 amide bonds. The van der Waals surface area contributed by atoms with Gasteiger partial charge in [-0.3, -0.25) is 0 Å². The van der Waals surface area contributed by atoms with E-state index in [9.17, 15) is 4.79 Å². The molecule has 4 nitrogen and oxygen atoms in total. The number of hydrogen-bond donors (Lipinski definition) is 2. The van der Waals surface area contributed by atoms with Gasteiger partial charge in [0.05, 0.1) is 12.1 Å². The number of aromatic carboxylic acids is 1. The lowest BCUT2D eigenvalue weighted by Crippen LogP contribution is -2.16. The Morgan fingerprint density at radius 2 is 2.16 bits per heavy atom. The topological polar surface area (TPSA) is 62.5 Å². The number of hydrogen-bond acceptors (Lipinski definition) is 3. The van der Waals surface area contributed by atoms with Crippen molar-refractivity contribution in [2.24, 2.45) is 0 Å². The van der Waals surface area contributed by atoms with Crippen molar-refractivity contribution in [2.75, 3.05) is 0 Å². The summed E-state index contributed by atoms with van der Waals surface area (Å²) in [7, 11) is 0. The normalized spacial score (nSPS) is 21.3. The van der Waals surface area contributed by atoms with Gasteiger partial charge in [-0.2, -0.15) is 0 Å². The van der Waals surface area contributed by atoms with Gasteiger partial charge in [-0.1, -0.05) is 30.3 Å². The highest BCUT2D eigenvalue weighted by Gasteiger charge is 2.37. The van der Waals surface area contributed by atoms with Crippen molar-refractivity contribution < 1.29 is 14.3 Å². The first kappa shape index (κ1) is 12.0. The summed E-state index contributed by atoms with van der Waals surface area (Å²) >= 11 is 0. The fourth-order valence-electron chi connectivity index (χ4n) is 2.31. The van der Waals surface area contributed by atoms with Gasteiger partial charge in [0, 0.05) is 12.0 Å². The molecular weight excluding hydrogens is 242 g/mol. The largest absolute Gasteiger partial charge is 0.478 e. The van der Waals surface area contributed by atoms with Crippen LogP contribution < -0.4 is 5.32 Å². The third-order valence-electron chi connectivity index (χ3n) is 3.46. The van der Waals surface area contributed by atoms with E-state index in [4.69, 9.17) is 9.52 Å². The van der Waals surface area contributed by atoms with Crippen LogP contribution in [0.5, 0.6) is 0 Å². The van der Waals surface area contributed by atoms with E-state index >= 15 is 0 Å². The zero-order valence-corrected chi connectivity index (χ0v) is 10.4. The molecule has 98 valence electrons. The van der Waals surface area contributed by atoms with Crippen LogP contribution in [-0.4, -0.2) is 17.1 Å². The Bertz CT molecular complexity index is 576. The first-order chi connectivity index (χ1) is 9.24. The summed E-state index contributed by atoms with van der Waals surface area (Å²) in [6, 6.07) is 12.4. The van der Waals surface area contributed by atoms with Crippen molar-refractivity contribution in [3.63, 3.8) is 0 Å². The molecule has 19 heavy (non-hydrogen) atoms. The van der Waals surface area contributed by atoms with Crippen LogP contribution in [0.4, 0.5) is 0 Å². The minimum Gasteiger partial charge on any atom is -0.478 e. The van der Waals surface area contributed by atoms with E-state index < -0.39 is 5.97 Å². The molecular formula is C15H15NO3. The van der Waals surface area contributed by atoms with E-state index in [0.717, 1.165) is 6.42 Å². The van der Waals surface area contributed by atoms with Gasteiger partial charge in [-0.15, -0.1) is 0 Å². The Morgan fingerprint density at radius 3 is 2.84 bits per heavy atom. The van der Waals surface area contributed by atoms with Crippen LogP contribution in [0.15, 0.2) is 47.1 Å². The SMILES string of the molecule is O=C(O)c1coc(CNC2CC2c2ccccc2)c1. The van der Waals surface area contributed by atoms with Gasteiger partial charge in [0.1, 0.15) is 12.0 Å². The molecule has 1 heterocycles. The highest BCUT2D eigenvalue weighted by Crippen LogP contribution is 2.40. The van der Waals surface area contributed by atoms with Crippen LogP contribution in [0.2, 0.25) is 0 Å². The van der Waals surface area contributed by atoms with Gasteiger partial charge < -0.3 is 14.8 Å². The molecule has 0 radical (unpaired) electrons. The molecule has 1 saturated carbocycles. The third-order valence-corrected chi connectivity index (χ3v) is 3.46. The molecule has 0 spiro atoms. The predicted octanol–water partition coefficient (Wildman–Crippen LogP) is 2.62. The van der Waals surface area contributed by atoms with E-state index in [1.807, 2.05) is 6.07 Å². The number of carboxylic acid groups (broad SMARTS) is 1. The number of carbonyl (C=O) groups is 1. The number of rotatable bonds is 5. The second-order valence-corrected chi connectivity index (χ2v) is 4.85. The summed E-state index contributed by atoms with van der Waals surface area (Å²) in [5.74, 6) is 0.273. The molecule has 2 atom stereocenters. The molecule has 1 aromatic carbocycles. The third kappa shape index (κ3) is 2.69. The first-order valence-corrected chi connectivity index (χ1v) is 6.33. The quantitative estimate of drug-likeness (QED) is 0.864. The van der Waals surface area contributed by atoms with Crippen molar-refractivity contribution in [2.45, 2.75) is 24.9 Å². The molecule has 0 saturated heterocycles. The van der Waals surface area contributed by atoms with E-state index in [0.29, 0.717) is 24.3 Å². The minimum atomic E-state index is -0.955. The van der Waals surface area contributed by atoms with E-state index in [1.54, 1.807) is 6.07 Å². The lowest BCUT2D eigenvalue weighted by Gasteiger charge is -2.02. The summed E-state index contributed by atoms with van der Waals surface area (Å²) < 4.78 is 5.20. The van der Waals surface area contributed by atoms with Crippen LogP contribution in [0.3, 0.4) is 0 Å². The fourth-order valence-corrected chi connectivity index (χ4v) is 2.31. The lowest BCUT2D eigenvalue weighted by atomic mass is 10.1. The van der Waals surface area contributed by atoms with Crippen LogP contribution in [0.1, 0.15) is 34.0 Å². The average Bonchev–Trinajstić information content (AvgIpc) is 3.05. The second-order valence-electron chi connectivity index (χ2n) is 4.85. The summed E-state index contributed by atoms with van der Waals surface area (Å²) in [5.41, 5.74) is 1.55. The Labute approximate surface area is 111 Å². The van der Waals surface area contributed by atoms with Crippen molar-refractivity contribution in [1.82, 2.24) is 5.32 Å². The Balaban J connectivity index is 1.53. The molecule has 1 fully saturated rings. The summed E-state index contributed by atoms with van der Waals surface area (Å²) in [5, 5.41) is 12.2. The molecule has 0 aliphatic heterocycles. The highest BCUT2D eigenvalue weighted by atomic mass is 16.4. The molecule has 2 N–H and O–H groups in total. The second kappa shape index (κ2) is 4.90. The van der Waals surface area contributed by atoms with E-state index in [2.05, 4.69) is 29.6 Å². The lowest BCUT2D eigenvalue weighted by molar-refractivity contribution is 0.0696. The molecule has 1 aliphatic rings. The van der Waals surface area contributed by atoms with Crippen molar-refractivity contribution in [1.29, 1.82) is 0 Å². The van der Waals surface area contributed by atoms with Crippen molar-refractivity contribution in [3.8, 4) is 0 Å². The Kier molecular flexibility index (Phi) is 3.09. The number of nitrogens with one attached hydrogen (secondary N) is 1. The van der Waals surface area contributed by atoms with Gasteiger partial charge >= 0.3 is 5.97 Å². The molecule has 2 unspecified atom stereocenters. The molecule has 0 bridgehead atoms. The monoisotopic (exact) mass is 257 g/mol. The molecule has 1 aliphatic carbocycles. The maximum Gasteiger partial charge on any atom is 0.338 e. The molecule has 2 aromatic rings. The standard InChI is InChI=1S/C15H15NO3/c17-15(18)11-6-12(19-9-11)8-16-14-7-13(14)10-4-2-1-3-5-10/h1-6,9,13-14,16H,7-8H2,(H,17,18). The first-order valence-electron chi connectivity index (χ1n) is 6.33. The zero-order chi connectivity index (χ0) is 13.2. The van der Waals surface area contributed by atoms with Gasteiger partial charge in [-0.05, 0) is 18.1 Å². The highest BCUT2D eigenvalue weighted by molar-refractivity contribution is 5.87. The molecule has 3 rings (SSSR count). The summed E-state index contributed by atoms with van der Waals surface area (Å²) in [6.07, 6.45) is 2.40. The number of furan rings is 1.